The second-order valence-electron chi connectivity index (χ2n) is 10.5. The van der Waals surface area contributed by atoms with Crippen molar-refractivity contribution in [1.82, 2.24) is 25.0 Å². The lowest BCUT2D eigenvalue weighted by atomic mass is 10.1. The van der Waals surface area contributed by atoms with Gasteiger partial charge in [-0.05, 0) is 63.9 Å². The molecule has 1 atom stereocenters. The molecule has 1 fully saturated rings. The summed E-state index contributed by atoms with van der Waals surface area (Å²) in [6.45, 7) is 7.89. The van der Waals surface area contributed by atoms with Gasteiger partial charge in [-0.2, -0.15) is 5.10 Å². The van der Waals surface area contributed by atoms with E-state index in [1.54, 1.807) is 62.7 Å². The molecule has 0 aromatic carbocycles. The van der Waals surface area contributed by atoms with Gasteiger partial charge in [-0.25, -0.2) is 0 Å². The predicted octanol–water partition coefficient (Wildman–Crippen LogP) is 2.99. The van der Waals surface area contributed by atoms with Crippen LogP contribution in [0.5, 0.6) is 0 Å². The van der Waals surface area contributed by atoms with Crippen LogP contribution in [0.4, 0.5) is 11.4 Å². The highest BCUT2D eigenvalue weighted by molar-refractivity contribution is 6.21. The Morgan fingerprint density at radius 3 is 2.52 bits per heavy atom. The van der Waals surface area contributed by atoms with Crippen LogP contribution in [0.25, 0.3) is 5.70 Å². The van der Waals surface area contributed by atoms with Crippen molar-refractivity contribution in [2.75, 3.05) is 37.3 Å². The molecule has 2 aliphatic heterocycles. The van der Waals surface area contributed by atoms with E-state index in [1.807, 2.05) is 13.0 Å². The van der Waals surface area contributed by atoms with Crippen molar-refractivity contribution in [3.05, 3.63) is 53.1 Å². The van der Waals surface area contributed by atoms with Crippen LogP contribution in [0.3, 0.4) is 0 Å². The largest absolute Gasteiger partial charge is 0.358 e. The van der Waals surface area contributed by atoms with Gasteiger partial charge < -0.3 is 16.0 Å². The smallest absolute Gasteiger partial charge is 0.257 e. The van der Waals surface area contributed by atoms with Crippen LogP contribution in [0.1, 0.15) is 50.8 Å². The van der Waals surface area contributed by atoms with E-state index in [0.29, 0.717) is 46.9 Å². The zero-order valence-corrected chi connectivity index (χ0v) is 24.7. The van der Waals surface area contributed by atoms with Crippen molar-refractivity contribution >= 4 is 47.2 Å². The van der Waals surface area contributed by atoms with Gasteiger partial charge in [-0.15, -0.1) is 0 Å². The number of aryl methyl sites for hydroxylation is 1. The predicted molar refractivity (Wildman–Crippen MR) is 165 cm³/mol. The number of nitrogens with zero attached hydrogens (tertiary/aromatic N) is 6. The highest BCUT2D eigenvalue weighted by Gasteiger charge is 2.18. The molecule has 1 unspecified atom stereocenters. The SMILES string of the molecule is CCC1\C=C(c2cnn(CC(=O)NC)c2)/N=C\C(C)=C(/C(=O)Nc2cc(NC(=O)CN3CCCCC3)cnc2C)C=N1. The molecule has 2 aliphatic rings. The van der Waals surface area contributed by atoms with Crippen LogP contribution in [0.2, 0.25) is 0 Å². The molecule has 0 spiro atoms. The minimum Gasteiger partial charge on any atom is -0.358 e. The summed E-state index contributed by atoms with van der Waals surface area (Å²) >= 11 is 0. The van der Waals surface area contributed by atoms with Gasteiger partial charge in [0.2, 0.25) is 11.8 Å². The minimum absolute atomic E-state index is 0.101. The number of hydrogen-bond donors (Lipinski definition) is 3. The maximum atomic E-state index is 13.5. The highest BCUT2D eigenvalue weighted by atomic mass is 16.2. The summed E-state index contributed by atoms with van der Waals surface area (Å²) in [5.41, 5.74) is 4.00. The number of aliphatic imine (C=N–C) groups is 2. The topological polar surface area (TPSA) is 146 Å². The average Bonchev–Trinajstić information content (AvgIpc) is 3.46. The molecule has 1 saturated heterocycles. The van der Waals surface area contributed by atoms with Gasteiger partial charge in [-0.1, -0.05) is 13.3 Å². The summed E-state index contributed by atoms with van der Waals surface area (Å²) < 4.78 is 1.55. The number of carbonyl (C=O) groups is 3. The van der Waals surface area contributed by atoms with Crippen LogP contribution in [-0.4, -0.2) is 82.5 Å². The molecule has 0 bridgehead atoms. The van der Waals surface area contributed by atoms with Crippen molar-refractivity contribution in [3.63, 3.8) is 0 Å². The highest BCUT2D eigenvalue weighted by Crippen LogP contribution is 2.22. The van der Waals surface area contributed by atoms with Crippen LogP contribution < -0.4 is 16.0 Å². The number of hydrogen-bond acceptors (Lipinski definition) is 8. The Bertz CT molecular complexity index is 1430. The van der Waals surface area contributed by atoms with E-state index < -0.39 is 0 Å². The first-order valence-electron chi connectivity index (χ1n) is 14.3. The fourth-order valence-electron chi connectivity index (χ4n) is 4.66. The third-order valence-electron chi connectivity index (χ3n) is 7.18. The molecular weight excluding hydrogens is 534 g/mol. The van der Waals surface area contributed by atoms with Gasteiger partial charge in [0.05, 0.1) is 53.3 Å². The second kappa shape index (κ2) is 14.4. The molecule has 3 N–H and O–H groups in total. The third kappa shape index (κ3) is 8.29. The summed E-state index contributed by atoms with van der Waals surface area (Å²) in [6, 6.07) is 1.49. The monoisotopic (exact) mass is 573 g/mol. The van der Waals surface area contributed by atoms with Crippen molar-refractivity contribution in [2.24, 2.45) is 9.98 Å². The first-order chi connectivity index (χ1) is 20.2. The maximum absolute atomic E-state index is 13.5. The van der Waals surface area contributed by atoms with Gasteiger partial charge in [0.15, 0.2) is 0 Å². The first-order valence-corrected chi connectivity index (χ1v) is 14.3. The Labute approximate surface area is 246 Å². The molecule has 12 nitrogen and oxygen atoms in total. The molecule has 0 aliphatic carbocycles. The van der Waals surface area contributed by atoms with Gasteiger partial charge in [0.25, 0.3) is 5.91 Å². The van der Waals surface area contributed by atoms with Gasteiger partial charge in [0.1, 0.15) is 6.54 Å². The number of likely N-dealkylation sites (tertiary alicyclic amines) is 1. The minimum atomic E-state index is -0.360. The first kappa shape index (κ1) is 30.5. The number of aromatic nitrogens is 3. The Morgan fingerprint density at radius 1 is 1.00 bits per heavy atom. The molecule has 12 heteroatoms. The molecule has 4 rings (SSSR count). The fraction of sp³-hybridized carbons (Fsp3) is 0.433. The molecular formula is C30H39N9O3. The van der Waals surface area contributed by atoms with E-state index >= 15 is 0 Å². The van der Waals surface area contributed by atoms with Crippen LogP contribution in [0.15, 0.2) is 51.9 Å². The number of pyridine rings is 1. The number of allylic oxidation sites excluding steroid dienone is 1. The number of rotatable bonds is 9. The molecule has 4 heterocycles. The van der Waals surface area contributed by atoms with Gasteiger partial charge in [-0.3, -0.25) is 38.9 Å². The van der Waals surface area contributed by atoms with E-state index in [0.717, 1.165) is 31.5 Å². The summed E-state index contributed by atoms with van der Waals surface area (Å²) in [6.07, 6.45) is 14.2. The van der Waals surface area contributed by atoms with Crippen molar-refractivity contribution in [1.29, 1.82) is 0 Å². The lowest BCUT2D eigenvalue weighted by molar-refractivity contribution is -0.121. The van der Waals surface area contributed by atoms with E-state index in [9.17, 15) is 14.4 Å². The zero-order chi connectivity index (χ0) is 30.1. The van der Waals surface area contributed by atoms with Crippen LogP contribution >= 0.6 is 0 Å². The Hall–Kier alpha value is -4.45. The maximum Gasteiger partial charge on any atom is 0.257 e. The number of anilines is 2. The lowest BCUT2D eigenvalue weighted by Crippen LogP contribution is -2.36. The van der Waals surface area contributed by atoms with E-state index in [1.165, 1.54) is 6.42 Å². The van der Waals surface area contributed by atoms with E-state index in [2.05, 4.69) is 40.9 Å². The second-order valence-corrected chi connectivity index (χ2v) is 10.5. The van der Waals surface area contributed by atoms with Gasteiger partial charge in [0, 0.05) is 31.2 Å². The summed E-state index contributed by atoms with van der Waals surface area (Å²) in [4.78, 5) is 53.7. The number of likely N-dealkylation sites (N-methyl/N-ethyl adjacent to an activating group) is 1. The third-order valence-corrected chi connectivity index (χ3v) is 7.18. The average molecular weight is 574 g/mol. The van der Waals surface area contributed by atoms with Crippen molar-refractivity contribution < 1.29 is 14.4 Å². The van der Waals surface area contributed by atoms with Crippen molar-refractivity contribution in [3.8, 4) is 0 Å². The molecule has 42 heavy (non-hydrogen) atoms. The number of amides is 3. The Balaban J connectivity index is 1.50. The fourth-order valence-corrected chi connectivity index (χ4v) is 4.66. The quantitative estimate of drug-likeness (QED) is 0.420. The lowest BCUT2D eigenvalue weighted by Gasteiger charge is -2.25. The molecule has 0 radical (unpaired) electrons. The Kier molecular flexibility index (Phi) is 10.5. The molecule has 2 aromatic heterocycles. The molecule has 0 saturated carbocycles. The normalized spacial score (nSPS) is 21.3. The summed E-state index contributed by atoms with van der Waals surface area (Å²) in [5.74, 6) is -0.620. The summed E-state index contributed by atoms with van der Waals surface area (Å²) in [5, 5.41) is 12.7. The van der Waals surface area contributed by atoms with E-state index in [-0.39, 0.29) is 30.3 Å². The standard InChI is InChI=1S/C30H39N9O3/c1-5-23-11-27(22-14-35-39(17-22)19-28(40)31-4)34-13-20(2)25(16-33-23)30(42)37-26-12-24(15-32-21(26)3)36-29(41)18-38-9-7-6-8-10-38/h11-17,23H,5-10,18-19H2,1-4H3,(H,31,40)(H,36,41)(H,37,42)/b25-20-,27-11-,33-16?,34-13-. The van der Waals surface area contributed by atoms with Gasteiger partial charge >= 0.3 is 0 Å². The zero-order valence-electron chi connectivity index (χ0n) is 24.7. The number of carbonyl (C=O) groups excluding carboxylic acids is 3. The number of piperidine rings is 1. The molecule has 222 valence electrons. The van der Waals surface area contributed by atoms with E-state index in [4.69, 9.17) is 0 Å². The van der Waals surface area contributed by atoms with Crippen LogP contribution in [-0.2, 0) is 20.9 Å². The number of nitrogens with one attached hydrogen (secondary N) is 3. The van der Waals surface area contributed by atoms with Crippen LogP contribution in [0, 0.1) is 6.92 Å². The molecule has 3 amide bonds. The van der Waals surface area contributed by atoms with Crippen molar-refractivity contribution in [2.45, 2.75) is 59.0 Å². The molecule has 2 aromatic rings. The summed E-state index contributed by atoms with van der Waals surface area (Å²) in [7, 11) is 1.58. The Morgan fingerprint density at radius 2 is 1.79 bits per heavy atom.